The minimum absolute atomic E-state index is 0.148. The number of carboxylic acid groups (broad SMARTS) is 1. The lowest BCUT2D eigenvalue weighted by molar-refractivity contribution is -0.118. The number of benzene rings is 3. The van der Waals surface area contributed by atoms with Crippen LogP contribution in [-0.2, 0) is 11.3 Å². The van der Waals surface area contributed by atoms with Crippen molar-refractivity contribution in [3.63, 3.8) is 0 Å². The molecule has 0 bridgehead atoms. The predicted octanol–water partition coefficient (Wildman–Crippen LogP) is 5.49. The zero-order valence-corrected chi connectivity index (χ0v) is 21.3. The van der Waals surface area contributed by atoms with Gasteiger partial charge in [-0.15, -0.1) is 0 Å². The molecule has 3 aromatic carbocycles. The van der Waals surface area contributed by atoms with Crippen LogP contribution in [0.3, 0.4) is 0 Å². The number of carbonyl (C=O) groups is 2. The van der Waals surface area contributed by atoms with Crippen molar-refractivity contribution in [1.29, 1.82) is 0 Å². The molecule has 0 radical (unpaired) electrons. The molecule has 0 aliphatic rings. The lowest BCUT2D eigenvalue weighted by atomic mass is 10.1. The van der Waals surface area contributed by atoms with Gasteiger partial charge in [0.05, 0.1) is 25.0 Å². The maximum absolute atomic E-state index is 12.3. The Kier molecular flexibility index (Phi) is 8.97. The second-order valence-corrected chi connectivity index (χ2v) is 8.45. The highest BCUT2D eigenvalue weighted by atomic mass is 79.9. The van der Waals surface area contributed by atoms with Crippen LogP contribution in [0, 0.1) is 6.92 Å². The SMILES string of the molecule is CCOc1cc(CNc2cc(C(=O)O)ccc2OC)c(Br)cc1OCC(=O)Nc1ccc(C)cc1. The molecule has 0 atom stereocenters. The summed E-state index contributed by atoms with van der Waals surface area (Å²) in [6.07, 6.45) is 0. The molecule has 184 valence electrons. The van der Waals surface area contributed by atoms with E-state index >= 15 is 0 Å². The highest BCUT2D eigenvalue weighted by Crippen LogP contribution is 2.35. The number of rotatable bonds is 11. The van der Waals surface area contributed by atoms with Crippen LogP contribution < -0.4 is 24.8 Å². The number of carboxylic acids is 1. The van der Waals surface area contributed by atoms with Gasteiger partial charge in [-0.05, 0) is 61.9 Å². The smallest absolute Gasteiger partial charge is 0.335 e. The van der Waals surface area contributed by atoms with Gasteiger partial charge in [0.25, 0.3) is 5.91 Å². The van der Waals surface area contributed by atoms with Crippen molar-refractivity contribution in [3.05, 3.63) is 75.8 Å². The fourth-order valence-corrected chi connectivity index (χ4v) is 3.70. The summed E-state index contributed by atoms with van der Waals surface area (Å²) >= 11 is 3.55. The molecule has 0 saturated heterocycles. The van der Waals surface area contributed by atoms with Gasteiger partial charge in [-0.25, -0.2) is 4.79 Å². The van der Waals surface area contributed by atoms with Crippen LogP contribution >= 0.6 is 15.9 Å². The normalized spacial score (nSPS) is 10.4. The summed E-state index contributed by atoms with van der Waals surface area (Å²) in [5.74, 6) is 0.122. The number of hydrogen-bond donors (Lipinski definition) is 3. The summed E-state index contributed by atoms with van der Waals surface area (Å²) in [4.78, 5) is 23.7. The molecule has 0 aliphatic carbocycles. The first-order valence-electron chi connectivity index (χ1n) is 10.9. The lowest BCUT2D eigenvalue weighted by Gasteiger charge is -2.17. The first kappa shape index (κ1) is 25.9. The Bertz CT molecular complexity index is 1200. The molecule has 3 rings (SSSR count). The standard InChI is InChI=1S/C26H27BrN2O6/c1-4-34-23-12-18(14-28-21-11-17(26(31)32)7-10-22(21)33-3)20(27)13-24(23)35-15-25(30)29-19-8-5-16(2)6-9-19/h5-13,28H,4,14-15H2,1-3H3,(H,29,30)(H,31,32). The molecule has 0 aromatic heterocycles. The monoisotopic (exact) mass is 542 g/mol. The maximum Gasteiger partial charge on any atom is 0.335 e. The Morgan fingerprint density at radius 2 is 1.69 bits per heavy atom. The summed E-state index contributed by atoms with van der Waals surface area (Å²) in [6.45, 7) is 4.42. The largest absolute Gasteiger partial charge is 0.495 e. The number of anilines is 2. The van der Waals surface area contributed by atoms with Crippen LogP contribution in [0.1, 0.15) is 28.4 Å². The minimum Gasteiger partial charge on any atom is -0.495 e. The summed E-state index contributed by atoms with van der Waals surface area (Å²) in [5, 5.41) is 15.3. The van der Waals surface area contributed by atoms with E-state index in [9.17, 15) is 14.7 Å². The predicted molar refractivity (Wildman–Crippen MR) is 138 cm³/mol. The summed E-state index contributed by atoms with van der Waals surface area (Å²) in [5.41, 5.74) is 3.33. The third kappa shape index (κ3) is 7.13. The average Bonchev–Trinajstić information content (AvgIpc) is 2.84. The Morgan fingerprint density at radius 3 is 2.34 bits per heavy atom. The number of carbonyl (C=O) groups excluding carboxylic acids is 1. The number of ether oxygens (including phenoxy) is 3. The third-order valence-corrected chi connectivity index (χ3v) is 5.76. The van der Waals surface area contributed by atoms with Crippen LogP contribution in [0.15, 0.2) is 59.1 Å². The van der Waals surface area contributed by atoms with E-state index in [1.807, 2.05) is 38.1 Å². The third-order valence-electron chi connectivity index (χ3n) is 5.02. The average molecular weight is 543 g/mol. The van der Waals surface area contributed by atoms with E-state index < -0.39 is 5.97 Å². The van der Waals surface area contributed by atoms with E-state index in [1.165, 1.54) is 19.2 Å². The van der Waals surface area contributed by atoms with Crippen molar-refractivity contribution in [1.82, 2.24) is 0 Å². The zero-order chi connectivity index (χ0) is 25.4. The van der Waals surface area contributed by atoms with Crippen molar-refractivity contribution < 1.29 is 28.9 Å². The van der Waals surface area contributed by atoms with Gasteiger partial charge < -0.3 is 30.0 Å². The molecular formula is C26H27BrN2O6. The van der Waals surface area contributed by atoms with E-state index in [2.05, 4.69) is 26.6 Å². The van der Waals surface area contributed by atoms with Gasteiger partial charge >= 0.3 is 5.97 Å². The molecule has 9 heteroatoms. The molecule has 0 fully saturated rings. The Morgan fingerprint density at radius 1 is 0.971 bits per heavy atom. The molecule has 35 heavy (non-hydrogen) atoms. The summed E-state index contributed by atoms with van der Waals surface area (Å²) in [6, 6.07) is 15.6. The van der Waals surface area contributed by atoms with Gasteiger partial charge in [-0.3, -0.25) is 4.79 Å². The Hall–Kier alpha value is -3.72. The quantitative estimate of drug-likeness (QED) is 0.294. The maximum atomic E-state index is 12.3. The highest BCUT2D eigenvalue weighted by molar-refractivity contribution is 9.10. The van der Waals surface area contributed by atoms with E-state index in [1.54, 1.807) is 18.2 Å². The first-order valence-corrected chi connectivity index (χ1v) is 11.7. The molecule has 0 heterocycles. The van der Waals surface area contributed by atoms with Crippen molar-refractivity contribution in [2.45, 2.75) is 20.4 Å². The van der Waals surface area contributed by atoms with Crippen LogP contribution in [0.25, 0.3) is 0 Å². The van der Waals surface area contributed by atoms with Gasteiger partial charge in [-0.2, -0.15) is 0 Å². The molecule has 0 unspecified atom stereocenters. The zero-order valence-electron chi connectivity index (χ0n) is 19.7. The number of aromatic carboxylic acids is 1. The van der Waals surface area contributed by atoms with Crippen LogP contribution in [0.2, 0.25) is 0 Å². The topological polar surface area (TPSA) is 106 Å². The number of methoxy groups -OCH3 is 1. The number of nitrogens with one attached hydrogen (secondary N) is 2. The lowest BCUT2D eigenvalue weighted by Crippen LogP contribution is -2.20. The first-order chi connectivity index (χ1) is 16.8. The Labute approximate surface area is 212 Å². The van der Waals surface area contributed by atoms with Crippen molar-refractivity contribution in [2.75, 3.05) is 31.0 Å². The van der Waals surface area contributed by atoms with Gasteiger partial charge in [-0.1, -0.05) is 33.6 Å². The fraction of sp³-hybridized carbons (Fsp3) is 0.231. The fourth-order valence-electron chi connectivity index (χ4n) is 3.24. The minimum atomic E-state index is -1.02. The van der Waals surface area contributed by atoms with Gasteiger partial charge in [0, 0.05) is 16.7 Å². The van der Waals surface area contributed by atoms with Gasteiger partial charge in [0.15, 0.2) is 18.1 Å². The molecule has 3 aromatic rings. The van der Waals surface area contributed by atoms with Crippen molar-refractivity contribution >= 4 is 39.2 Å². The van der Waals surface area contributed by atoms with Crippen molar-refractivity contribution in [2.24, 2.45) is 0 Å². The number of halogens is 1. The molecule has 1 amide bonds. The molecule has 0 aliphatic heterocycles. The number of hydrogen-bond acceptors (Lipinski definition) is 6. The van der Waals surface area contributed by atoms with Crippen molar-refractivity contribution in [3.8, 4) is 17.2 Å². The molecule has 0 spiro atoms. The van der Waals surface area contributed by atoms with Crippen LogP contribution in [0.5, 0.6) is 17.2 Å². The van der Waals surface area contributed by atoms with E-state index in [0.29, 0.717) is 41.8 Å². The molecule has 8 nitrogen and oxygen atoms in total. The number of aryl methyl sites for hydroxylation is 1. The summed E-state index contributed by atoms with van der Waals surface area (Å²) in [7, 11) is 1.52. The molecular weight excluding hydrogens is 516 g/mol. The van der Waals surface area contributed by atoms with E-state index in [-0.39, 0.29) is 18.1 Å². The van der Waals surface area contributed by atoms with E-state index in [0.717, 1.165) is 15.6 Å². The van der Waals surface area contributed by atoms with Gasteiger partial charge in [0.1, 0.15) is 5.75 Å². The number of amides is 1. The van der Waals surface area contributed by atoms with E-state index in [4.69, 9.17) is 14.2 Å². The molecule has 3 N–H and O–H groups in total. The molecule has 0 saturated carbocycles. The second-order valence-electron chi connectivity index (χ2n) is 7.60. The van der Waals surface area contributed by atoms with Gasteiger partial charge in [0.2, 0.25) is 0 Å². The van der Waals surface area contributed by atoms with Crippen LogP contribution in [0.4, 0.5) is 11.4 Å². The Balaban J connectivity index is 1.71. The highest BCUT2D eigenvalue weighted by Gasteiger charge is 2.14. The van der Waals surface area contributed by atoms with Crippen LogP contribution in [-0.4, -0.2) is 37.3 Å². The second kappa shape index (κ2) is 12.1. The summed E-state index contributed by atoms with van der Waals surface area (Å²) < 4.78 is 17.6.